The fraction of sp³-hybridized carbons (Fsp3) is 0.250. The minimum Gasteiger partial charge on any atom is -0.381 e. The van der Waals surface area contributed by atoms with Crippen LogP contribution in [0.5, 0.6) is 0 Å². The number of H-pyrrole nitrogens is 1. The second-order valence-corrected chi connectivity index (χ2v) is 6.14. The van der Waals surface area contributed by atoms with Crippen LogP contribution in [0.3, 0.4) is 0 Å². The van der Waals surface area contributed by atoms with Crippen molar-refractivity contribution in [1.82, 2.24) is 10.2 Å². The van der Waals surface area contributed by atoms with Crippen molar-refractivity contribution in [2.24, 2.45) is 5.92 Å². The molecule has 0 saturated carbocycles. The van der Waals surface area contributed by atoms with Crippen molar-refractivity contribution in [2.45, 2.75) is 12.8 Å². The molecule has 1 aromatic heterocycles. The summed E-state index contributed by atoms with van der Waals surface area (Å²) < 4.78 is 18.5. The van der Waals surface area contributed by atoms with Gasteiger partial charge in [-0.25, -0.2) is 4.39 Å². The molecule has 4 rings (SSSR count). The van der Waals surface area contributed by atoms with Gasteiger partial charge in [-0.2, -0.15) is 5.10 Å². The first-order valence-corrected chi connectivity index (χ1v) is 8.37. The van der Waals surface area contributed by atoms with Crippen LogP contribution in [0.2, 0.25) is 0 Å². The molecule has 3 aromatic rings. The Kier molecular flexibility index (Phi) is 4.36. The lowest BCUT2D eigenvalue weighted by Gasteiger charge is -2.16. The lowest BCUT2D eigenvalue weighted by Crippen LogP contribution is -2.13. The molecular weight excluding hydrogens is 317 g/mol. The largest absolute Gasteiger partial charge is 0.381 e. The van der Waals surface area contributed by atoms with E-state index in [0.717, 1.165) is 53.9 Å². The molecular formula is C20H18FN3O. The maximum Gasteiger partial charge on any atom is 0.123 e. The number of halogens is 1. The summed E-state index contributed by atoms with van der Waals surface area (Å²) in [4.78, 5) is 0. The number of nitrogens with one attached hydrogen (secondary N) is 2. The molecule has 5 heteroatoms. The number of hydrogen-bond donors (Lipinski definition) is 2. The Morgan fingerprint density at radius 3 is 2.76 bits per heavy atom. The number of rotatable bonds is 2. The van der Waals surface area contributed by atoms with Gasteiger partial charge in [0.1, 0.15) is 5.82 Å². The highest BCUT2D eigenvalue weighted by molar-refractivity contribution is 5.86. The normalized spacial score (nSPS) is 14.9. The zero-order chi connectivity index (χ0) is 17.1. The van der Waals surface area contributed by atoms with Gasteiger partial charge in [-0.3, -0.25) is 5.10 Å². The highest BCUT2D eigenvalue weighted by atomic mass is 19.1. The van der Waals surface area contributed by atoms with Gasteiger partial charge < -0.3 is 10.1 Å². The van der Waals surface area contributed by atoms with E-state index < -0.39 is 0 Å². The minimum absolute atomic E-state index is 0.254. The Morgan fingerprint density at radius 2 is 1.96 bits per heavy atom. The summed E-state index contributed by atoms with van der Waals surface area (Å²) in [5.41, 5.74) is 3.55. The number of aromatic amines is 1. The van der Waals surface area contributed by atoms with E-state index in [9.17, 15) is 4.39 Å². The molecule has 0 aliphatic carbocycles. The molecule has 25 heavy (non-hydrogen) atoms. The van der Waals surface area contributed by atoms with Crippen LogP contribution >= 0.6 is 0 Å². The van der Waals surface area contributed by atoms with E-state index in [1.165, 1.54) is 12.1 Å². The van der Waals surface area contributed by atoms with Crippen LogP contribution in [0.25, 0.3) is 10.9 Å². The van der Waals surface area contributed by atoms with Crippen LogP contribution in [0, 0.1) is 23.6 Å². The van der Waals surface area contributed by atoms with Crippen molar-refractivity contribution >= 4 is 22.3 Å². The van der Waals surface area contributed by atoms with Crippen molar-refractivity contribution in [1.29, 1.82) is 0 Å². The Balaban J connectivity index is 1.68. The van der Waals surface area contributed by atoms with E-state index in [4.69, 9.17) is 4.74 Å². The van der Waals surface area contributed by atoms with Gasteiger partial charge >= 0.3 is 0 Å². The van der Waals surface area contributed by atoms with E-state index in [1.807, 2.05) is 12.1 Å². The molecule has 0 atom stereocenters. The van der Waals surface area contributed by atoms with Crippen molar-refractivity contribution in [3.8, 4) is 11.8 Å². The van der Waals surface area contributed by atoms with Gasteiger partial charge in [-0.1, -0.05) is 11.8 Å². The number of hydrogen-bond acceptors (Lipinski definition) is 3. The fourth-order valence-electron chi connectivity index (χ4n) is 2.91. The monoisotopic (exact) mass is 335 g/mol. The first-order chi connectivity index (χ1) is 12.3. The van der Waals surface area contributed by atoms with Gasteiger partial charge in [-0.15, -0.1) is 0 Å². The predicted molar refractivity (Wildman–Crippen MR) is 96.2 cm³/mol. The highest BCUT2D eigenvalue weighted by Crippen LogP contribution is 2.26. The smallest absolute Gasteiger partial charge is 0.123 e. The van der Waals surface area contributed by atoms with Gasteiger partial charge in [-0.05, 0) is 49.2 Å². The summed E-state index contributed by atoms with van der Waals surface area (Å²) >= 11 is 0. The van der Waals surface area contributed by atoms with Crippen LogP contribution in [-0.2, 0) is 4.74 Å². The van der Waals surface area contributed by atoms with Crippen molar-refractivity contribution < 1.29 is 9.13 Å². The van der Waals surface area contributed by atoms with E-state index in [1.54, 1.807) is 18.3 Å². The fourth-order valence-corrected chi connectivity index (χ4v) is 2.91. The van der Waals surface area contributed by atoms with E-state index >= 15 is 0 Å². The molecule has 4 nitrogen and oxygen atoms in total. The number of ether oxygens (including phenoxy) is 1. The van der Waals surface area contributed by atoms with Gasteiger partial charge in [0, 0.05) is 30.2 Å². The maximum absolute atomic E-state index is 13.1. The molecule has 0 bridgehead atoms. The number of fused-ring (bicyclic) bond motifs is 1. The van der Waals surface area contributed by atoms with Gasteiger partial charge in [0.15, 0.2) is 0 Å². The lowest BCUT2D eigenvalue weighted by atomic mass is 10.00. The number of aromatic nitrogens is 2. The van der Waals surface area contributed by atoms with Crippen molar-refractivity contribution in [2.75, 3.05) is 18.5 Å². The molecule has 126 valence electrons. The summed E-state index contributed by atoms with van der Waals surface area (Å²) in [6, 6.07) is 10.3. The van der Waals surface area contributed by atoms with Gasteiger partial charge in [0.25, 0.3) is 0 Å². The SMILES string of the molecule is Fc1ccc(Nc2cc3cn[nH]c3cc2C#CC2CCOCC2)cc1. The summed E-state index contributed by atoms with van der Waals surface area (Å²) in [7, 11) is 0. The molecule has 1 aliphatic heterocycles. The van der Waals surface area contributed by atoms with Crippen LogP contribution in [0.4, 0.5) is 15.8 Å². The van der Waals surface area contributed by atoms with Crippen LogP contribution in [0.15, 0.2) is 42.6 Å². The molecule has 1 aliphatic rings. The standard InChI is InChI=1S/C20H18FN3O/c21-17-3-5-18(6-4-17)23-19-12-16-13-22-24-20(16)11-15(19)2-1-14-7-9-25-10-8-14/h3-6,11-14,23H,7-10H2,(H,22,24). The van der Waals surface area contributed by atoms with Crippen LogP contribution < -0.4 is 5.32 Å². The second kappa shape index (κ2) is 6.96. The molecule has 2 aromatic carbocycles. The third-order valence-electron chi connectivity index (χ3n) is 4.33. The molecule has 0 amide bonds. The molecule has 2 heterocycles. The first kappa shape index (κ1) is 15.7. The quantitative estimate of drug-likeness (QED) is 0.689. The third-order valence-corrected chi connectivity index (χ3v) is 4.33. The van der Waals surface area contributed by atoms with Crippen molar-refractivity contribution in [3.05, 3.63) is 54.0 Å². The first-order valence-electron chi connectivity index (χ1n) is 8.37. The van der Waals surface area contributed by atoms with Gasteiger partial charge in [0.05, 0.1) is 23.0 Å². The Bertz CT molecular complexity index is 931. The minimum atomic E-state index is -0.254. The lowest BCUT2D eigenvalue weighted by molar-refractivity contribution is 0.0807. The summed E-state index contributed by atoms with van der Waals surface area (Å²) in [6.45, 7) is 1.55. The Morgan fingerprint density at radius 1 is 1.16 bits per heavy atom. The van der Waals surface area contributed by atoms with E-state index in [2.05, 4.69) is 27.4 Å². The molecule has 0 radical (unpaired) electrons. The predicted octanol–water partition coefficient (Wildman–Crippen LogP) is 4.22. The zero-order valence-electron chi connectivity index (χ0n) is 13.7. The highest BCUT2D eigenvalue weighted by Gasteiger charge is 2.11. The summed E-state index contributed by atoms with van der Waals surface area (Å²) in [5.74, 6) is 6.78. The Labute approximate surface area is 145 Å². The van der Waals surface area contributed by atoms with Crippen molar-refractivity contribution in [3.63, 3.8) is 0 Å². The summed E-state index contributed by atoms with van der Waals surface area (Å²) in [5, 5.41) is 11.4. The second-order valence-electron chi connectivity index (χ2n) is 6.14. The topological polar surface area (TPSA) is 49.9 Å². The average molecular weight is 335 g/mol. The third kappa shape index (κ3) is 3.65. The maximum atomic E-state index is 13.1. The Hall–Kier alpha value is -2.84. The number of benzene rings is 2. The molecule has 0 spiro atoms. The number of anilines is 2. The van der Waals surface area contributed by atoms with E-state index in [0.29, 0.717) is 5.92 Å². The average Bonchev–Trinajstić information content (AvgIpc) is 3.10. The number of nitrogens with zero attached hydrogens (tertiary/aromatic N) is 1. The van der Waals surface area contributed by atoms with Gasteiger partial charge in [0.2, 0.25) is 0 Å². The molecule has 1 saturated heterocycles. The van der Waals surface area contributed by atoms with E-state index in [-0.39, 0.29) is 5.82 Å². The van der Waals surface area contributed by atoms with Crippen LogP contribution in [-0.4, -0.2) is 23.4 Å². The van der Waals surface area contributed by atoms with Crippen LogP contribution in [0.1, 0.15) is 18.4 Å². The molecule has 1 fully saturated rings. The summed E-state index contributed by atoms with van der Waals surface area (Å²) in [6.07, 6.45) is 3.72. The zero-order valence-corrected chi connectivity index (χ0v) is 13.7. The molecule has 0 unspecified atom stereocenters. The molecule has 2 N–H and O–H groups in total.